The quantitative estimate of drug-likeness (QED) is 0.446. The minimum atomic E-state index is 0.353. The maximum atomic E-state index is 6.23. The van der Waals surface area contributed by atoms with E-state index in [1.54, 1.807) is 0 Å². The molecule has 33 heavy (non-hydrogen) atoms. The molecule has 3 aromatic heterocycles. The molecule has 0 spiro atoms. The topological polar surface area (TPSA) is 77.5 Å². The normalized spacial score (nSPS) is 19.0. The Kier molecular flexibility index (Phi) is 5.25. The summed E-state index contributed by atoms with van der Waals surface area (Å²) in [5.74, 6) is 4.34. The van der Waals surface area contributed by atoms with Crippen molar-refractivity contribution in [1.82, 2.24) is 34.5 Å². The average molecular weight is 463 g/mol. The van der Waals surface area contributed by atoms with Gasteiger partial charge < -0.3 is 9.47 Å². The molecule has 5 heterocycles. The molecule has 0 amide bonds. The third-order valence-corrected chi connectivity index (χ3v) is 7.03. The summed E-state index contributed by atoms with van der Waals surface area (Å²) >= 11 is 6.23. The van der Waals surface area contributed by atoms with Crippen LogP contribution >= 0.6 is 11.6 Å². The van der Waals surface area contributed by atoms with E-state index in [1.165, 1.54) is 19.3 Å². The first kappa shape index (κ1) is 20.6. The Hall–Kier alpha value is -3.00. The zero-order chi connectivity index (χ0) is 22.4. The van der Waals surface area contributed by atoms with E-state index in [4.69, 9.17) is 21.6 Å². The minimum Gasteiger partial charge on any atom is -0.355 e. The highest BCUT2D eigenvalue weighted by Crippen LogP contribution is 2.33. The van der Waals surface area contributed by atoms with Crippen molar-refractivity contribution in [3.63, 3.8) is 0 Å². The number of piperidine rings is 1. The van der Waals surface area contributed by atoms with Gasteiger partial charge in [-0.1, -0.05) is 24.1 Å². The van der Waals surface area contributed by atoms with Gasteiger partial charge in [0.25, 0.3) is 0 Å². The lowest BCUT2D eigenvalue weighted by Gasteiger charge is -2.33. The first-order chi connectivity index (χ1) is 16.2. The fourth-order valence-corrected chi connectivity index (χ4v) is 5.41. The van der Waals surface area contributed by atoms with Crippen molar-refractivity contribution in [3.8, 4) is 5.69 Å². The summed E-state index contributed by atoms with van der Waals surface area (Å²) in [5.41, 5.74) is 1.70. The summed E-state index contributed by atoms with van der Waals surface area (Å²) < 4.78 is 4.23. The molecular weight excluding hydrogens is 436 g/mol. The molecule has 1 aromatic carbocycles. The van der Waals surface area contributed by atoms with E-state index < -0.39 is 0 Å². The van der Waals surface area contributed by atoms with Crippen LogP contribution in [0, 0.1) is 6.92 Å². The fraction of sp³-hybridized carbons (Fsp3) is 0.458. The molecule has 2 aliphatic heterocycles. The van der Waals surface area contributed by atoms with E-state index in [9.17, 15) is 0 Å². The minimum absolute atomic E-state index is 0.353. The van der Waals surface area contributed by atoms with E-state index in [0.717, 1.165) is 78.9 Å². The van der Waals surface area contributed by atoms with Gasteiger partial charge >= 0.3 is 0 Å². The largest absolute Gasteiger partial charge is 0.355 e. The summed E-state index contributed by atoms with van der Waals surface area (Å²) in [6.07, 6.45) is 8.83. The molecule has 0 aliphatic carbocycles. The predicted molar refractivity (Wildman–Crippen MR) is 128 cm³/mol. The van der Waals surface area contributed by atoms with Crippen molar-refractivity contribution in [2.45, 2.75) is 57.9 Å². The van der Waals surface area contributed by atoms with Crippen LogP contribution in [-0.2, 0) is 13.0 Å². The molecular formula is C24H27ClN8. The van der Waals surface area contributed by atoms with Gasteiger partial charge in [-0.3, -0.25) is 0 Å². The smallest absolute Gasteiger partial charge is 0.168 e. The third kappa shape index (κ3) is 3.76. The molecule has 1 fully saturated rings. The van der Waals surface area contributed by atoms with Crippen LogP contribution in [0.5, 0.6) is 0 Å². The Morgan fingerprint density at radius 2 is 1.97 bits per heavy atom. The van der Waals surface area contributed by atoms with Crippen molar-refractivity contribution < 1.29 is 0 Å². The highest BCUT2D eigenvalue weighted by atomic mass is 35.5. The second-order valence-corrected chi connectivity index (χ2v) is 9.53. The Labute approximate surface area is 197 Å². The lowest BCUT2D eigenvalue weighted by molar-refractivity contribution is 0.464. The average Bonchev–Trinajstić information content (AvgIpc) is 3.35. The summed E-state index contributed by atoms with van der Waals surface area (Å²) in [6, 6.07) is 7.68. The molecule has 1 saturated heterocycles. The number of hydrogen-bond donors (Lipinski definition) is 0. The number of anilines is 1. The zero-order valence-electron chi connectivity index (χ0n) is 18.8. The molecule has 8 nitrogen and oxygen atoms in total. The maximum Gasteiger partial charge on any atom is 0.168 e. The van der Waals surface area contributed by atoms with Crippen molar-refractivity contribution in [3.05, 3.63) is 53.0 Å². The van der Waals surface area contributed by atoms with Crippen molar-refractivity contribution in [1.29, 1.82) is 0 Å². The number of aromatic nitrogens is 7. The number of halogens is 1. The summed E-state index contributed by atoms with van der Waals surface area (Å²) in [5, 5.41) is 15.5. The van der Waals surface area contributed by atoms with Gasteiger partial charge in [0.1, 0.15) is 23.3 Å². The second kappa shape index (κ2) is 8.41. The number of aryl methyl sites for hydroxylation is 2. The molecule has 170 valence electrons. The van der Waals surface area contributed by atoms with Gasteiger partial charge in [0, 0.05) is 37.0 Å². The van der Waals surface area contributed by atoms with E-state index in [1.807, 2.05) is 42.1 Å². The lowest BCUT2D eigenvalue weighted by atomic mass is 9.97. The number of hydrogen-bond acceptors (Lipinski definition) is 6. The van der Waals surface area contributed by atoms with Crippen LogP contribution in [0.3, 0.4) is 0 Å². The van der Waals surface area contributed by atoms with Gasteiger partial charge in [0.05, 0.1) is 17.3 Å². The molecule has 0 saturated carbocycles. The highest BCUT2D eigenvalue weighted by Gasteiger charge is 2.29. The number of nitrogens with zero attached hydrogens (tertiary/aromatic N) is 8. The number of benzene rings is 1. The molecule has 0 bridgehead atoms. The van der Waals surface area contributed by atoms with Gasteiger partial charge in [0.15, 0.2) is 5.65 Å². The second-order valence-electron chi connectivity index (χ2n) is 9.09. The molecule has 6 rings (SSSR count). The van der Waals surface area contributed by atoms with Crippen molar-refractivity contribution in [2.75, 3.05) is 18.0 Å². The molecule has 2 aliphatic rings. The van der Waals surface area contributed by atoms with Crippen LogP contribution in [0.2, 0.25) is 5.02 Å². The summed E-state index contributed by atoms with van der Waals surface area (Å²) in [4.78, 5) is 12.0. The summed E-state index contributed by atoms with van der Waals surface area (Å²) in [6.45, 7) is 4.83. The third-order valence-electron chi connectivity index (χ3n) is 6.80. The van der Waals surface area contributed by atoms with Gasteiger partial charge in [-0.25, -0.2) is 14.6 Å². The Balaban J connectivity index is 1.36. The molecule has 1 unspecified atom stereocenters. The Bertz CT molecular complexity index is 1310. The van der Waals surface area contributed by atoms with Crippen LogP contribution in [0.1, 0.15) is 55.5 Å². The lowest BCUT2D eigenvalue weighted by Crippen LogP contribution is -2.36. The maximum absolute atomic E-state index is 6.23. The van der Waals surface area contributed by atoms with Crippen molar-refractivity contribution in [2.24, 2.45) is 0 Å². The van der Waals surface area contributed by atoms with Crippen LogP contribution in [-0.4, -0.2) is 47.6 Å². The molecule has 0 N–H and O–H groups in total. The number of rotatable bonds is 3. The fourth-order valence-electron chi connectivity index (χ4n) is 5.23. The monoisotopic (exact) mass is 462 g/mol. The highest BCUT2D eigenvalue weighted by molar-refractivity contribution is 6.30. The molecule has 0 radical (unpaired) electrons. The van der Waals surface area contributed by atoms with Crippen LogP contribution in [0.4, 0.5) is 5.82 Å². The van der Waals surface area contributed by atoms with Gasteiger partial charge in [0.2, 0.25) is 0 Å². The van der Waals surface area contributed by atoms with Crippen molar-refractivity contribution >= 4 is 28.5 Å². The molecule has 4 aromatic rings. The molecule has 1 atom stereocenters. The standard InChI is InChI=1S/C24H27ClN8/c1-16-27-23(20-14-26-33(24(20)28-16)19-9-5-8-18(25)13-19)31-11-6-7-17(15-31)22-30-29-21-10-3-2-4-12-32(21)22/h5,8-9,13-14,17H,2-4,6-7,10-12,15H2,1H3. The predicted octanol–water partition coefficient (Wildman–Crippen LogP) is 4.48. The van der Waals surface area contributed by atoms with E-state index in [0.29, 0.717) is 10.9 Å². The number of fused-ring (bicyclic) bond motifs is 2. The molecule has 9 heteroatoms. The SMILES string of the molecule is Cc1nc(N2CCCC(c3nnc4n3CCCCC4)C2)c2cnn(-c3cccc(Cl)c3)c2n1. The zero-order valence-corrected chi connectivity index (χ0v) is 19.5. The first-order valence-electron chi connectivity index (χ1n) is 11.8. The van der Waals surface area contributed by atoms with E-state index >= 15 is 0 Å². The Morgan fingerprint density at radius 1 is 1.03 bits per heavy atom. The Morgan fingerprint density at radius 3 is 2.88 bits per heavy atom. The van der Waals surface area contributed by atoms with E-state index in [2.05, 4.69) is 24.8 Å². The van der Waals surface area contributed by atoms with Gasteiger partial charge in [-0.05, 0) is 50.8 Å². The van der Waals surface area contributed by atoms with Crippen LogP contribution < -0.4 is 4.90 Å². The summed E-state index contributed by atoms with van der Waals surface area (Å²) in [7, 11) is 0. The van der Waals surface area contributed by atoms with Crippen LogP contribution in [0.25, 0.3) is 16.7 Å². The first-order valence-corrected chi connectivity index (χ1v) is 12.2. The van der Waals surface area contributed by atoms with Gasteiger partial charge in [-0.15, -0.1) is 10.2 Å². The van der Waals surface area contributed by atoms with Crippen LogP contribution in [0.15, 0.2) is 30.5 Å². The van der Waals surface area contributed by atoms with Gasteiger partial charge in [-0.2, -0.15) is 5.10 Å². The van der Waals surface area contributed by atoms with E-state index in [-0.39, 0.29) is 0 Å².